The van der Waals surface area contributed by atoms with Gasteiger partial charge in [-0.3, -0.25) is 4.79 Å². The molecule has 40 heavy (non-hydrogen) atoms. The lowest BCUT2D eigenvalue weighted by atomic mass is 10.1. The smallest absolute Gasteiger partial charge is 0.243 e. The summed E-state index contributed by atoms with van der Waals surface area (Å²) < 4.78 is 38.6. The number of piperidine rings is 1. The van der Waals surface area contributed by atoms with Gasteiger partial charge in [0.1, 0.15) is 11.5 Å². The molecule has 0 amide bonds. The third-order valence-corrected chi connectivity index (χ3v) is 9.26. The van der Waals surface area contributed by atoms with Crippen LogP contribution in [0, 0.1) is 6.92 Å². The second-order valence-electron chi connectivity index (χ2n) is 10.1. The topological polar surface area (TPSA) is 76.2 Å². The van der Waals surface area contributed by atoms with Crippen LogP contribution in [0.5, 0.6) is 11.5 Å². The fourth-order valence-corrected chi connectivity index (χ4v) is 6.17. The van der Waals surface area contributed by atoms with Crippen molar-refractivity contribution in [2.45, 2.75) is 37.1 Å². The first kappa shape index (κ1) is 29.5. The molecule has 0 radical (unpaired) electrons. The minimum atomic E-state index is -3.54. The van der Waals surface area contributed by atoms with Crippen LogP contribution in [0.25, 0.3) is 6.08 Å². The first-order valence-electron chi connectivity index (χ1n) is 13.6. The number of benzene rings is 3. The number of ketones is 1. The Kier molecular flexibility index (Phi) is 10.1. The Hall–Kier alpha value is -3.46. The number of rotatable bonds is 12. The number of allylic oxidation sites excluding steroid dienone is 1. The Morgan fingerprint density at radius 3 is 2.20 bits per heavy atom. The van der Waals surface area contributed by atoms with Gasteiger partial charge in [0.05, 0.1) is 18.6 Å². The van der Waals surface area contributed by atoms with Gasteiger partial charge in [-0.2, -0.15) is 4.31 Å². The summed E-state index contributed by atoms with van der Waals surface area (Å²) in [7, 11) is -0.312. The van der Waals surface area contributed by atoms with Crippen LogP contribution >= 0.6 is 0 Å². The van der Waals surface area contributed by atoms with Crippen molar-refractivity contribution in [1.82, 2.24) is 9.21 Å². The summed E-state index contributed by atoms with van der Waals surface area (Å²) in [5, 5.41) is 0. The molecule has 0 unspecified atom stereocenters. The zero-order valence-electron chi connectivity index (χ0n) is 23.5. The van der Waals surface area contributed by atoms with E-state index < -0.39 is 10.0 Å². The summed E-state index contributed by atoms with van der Waals surface area (Å²) in [6, 6.07) is 21.8. The molecule has 1 aliphatic rings. The number of carbonyl (C=O) groups excluding carboxylic acids is 1. The molecule has 4 rings (SSSR count). The molecule has 1 saturated heterocycles. The van der Waals surface area contributed by atoms with Crippen molar-refractivity contribution < 1.29 is 22.7 Å². The van der Waals surface area contributed by atoms with Gasteiger partial charge in [0.15, 0.2) is 5.78 Å². The van der Waals surface area contributed by atoms with E-state index in [1.807, 2.05) is 49.4 Å². The Morgan fingerprint density at radius 2 is 1.57 bits per heavy atom. The Morgan fingerprint density at radius 1 is 0.950 bits per heavy atom. The largest absolute Gasteiger partial charge is 0.497 e. The third-order valence-electron chi connectivity index (χ3n) is 7.34. The van der Waals surface area contributed by atoms with Crippen LogP contribution in [-0.2, 0) is 10.0 Å². The number of sulfonamides is 1. The molecule has 1 fully saturated rings. The van der Waals surface area contributed by atoms with Gasteiger partial charge in [0, 0.05) is 25.2 Å². The van der Waals surface area contributed by atoms with E-state index in [1.54, 1.807) is 56.6 Å². The predicted octanol–water partition coefficient (Wildman–Crippen LogP) is 5.45. The summed E-state index contributed by atoms with van der Waals surface area (Å²) in [6.45, 7) is 5.20. The normalized spacial score (nSPS) is 15.0. The van der Waals surface area contributed by atoms with Gasteiger partial charge in [0.2, 0.25) is 10.0 Å². The molecule has 3 aromatic carbocycles. The van der Waals surface area contributed by atoms with Crippen molar-refractivity contribution >= 4 is 21.9 Å². The molecular weight excluding hydrogens is 524 g/mol. The standard InChI is InChI=1S/C32H38N2O5S/c1-25-5-7-26(8-6-25)9-18-32(35)27-10-12-30(13-11-27)39-24-4-21-34-22-19-28(20-23-34)33(2)40(36,37)31-16-14-29(38-3)15-17-31/h5-18,28H,4,19-24H2,1-3H3/b18-9+. The zero-order chi connectivity index (χ0) is 28.5. The number of ether oxygens (including phenoxy) is 2. The lowest BCUT2D eigenvalue weighted by Gasteiger charge is -2.36. The minimum Gasteiger partial charge on any atom is -0.497 e. The Bertz CT molecular complexity index is 1380. The molecule has 0 atom stereocenters. The zero-order valence-corrected chi connectivity index (χ0v) is 24.3. The molecular formula is C32H38N2O5S. The van der Waals surface area contributed by atoms with Crippen molar-refractivity contribution in [3.63, 3.8) is 0 Å². The van der Waals surface area contributed by atoms with Crippen LogP contribution in [0.2, 0.25) is 0 Å². The maximum absolute atomic E-state index is 13.1. The average Bonchev–Trinajstić information content (AvgIpc) is 2.99. The lowest BCUT2D eigenvalue weighted by molar-refractivity contribution is 0.104. The van der Waals surface area contributed by atoms with Gasteiger partial charge < -0.3 is 14.4 Å². The molecule has 8 heteroatoms. The molecule has 212 valence electrons. The molecule has 1 aliphatic heterocycles. The molecule has 0 aromatic heterocycles. The molecule has 0 saturated carbocycles. The molecule has 1 heterocycles. The summed E-state index contributed by atoms with van der Waals surface area (Å²) >= 11 is 0. The Labute approximate surface area is 238 Å². The van der Waals surface area contributed by atoms with E-state index in [0.29, 0.717) is 17.9 Å². The monoisotopic (exact) mass is 562 g/mol. The van der Waals surface area contributed by atoms with Gasteiger partial charge in [-0.05, 0) is 99.4 Å². The molecule has 0 N–H and O–H groups in total. The van der Waals surface area contributed by atoms with Crippen molar-refractivity contribution in [2.75, 3.05) is 40.4 Å². The van der Waals surface area contributed by atoms with Crippen molar-refractivity contribution in [3.05, 3.63) is 95.6 Å². The van der Waals surface area contributed by atoms with E-state index in [2.05, 4.69) is 4.90 Å². The number of aryl methyl sites for hydroxylation is 1. The first-order chi connectivity index (χ1) is 19.3. The van der Waals surface area contributed by atoms with Crippen molar-refractivity contribution in [2.24, 2.45) is 0 Å². The van der Waals surface area contributed by atoms with Crippen LogP contribution in [-0.4, -0.2) is 69.8 Å². The molecule has 0 spiro atoms. The van der Waals surface area contributed by atoms with Crippen molar-refractivity contribution in [3.8, 4) is 11.5 Å². The predicted molar refractivity (Wildman–Crippen MR) is 159 cm³/mol. The fraction of sp³-hybridized carbons (Fsp3) is 0.344. The van der Waals surface area contributed by atoms with Crippen LogP contribution in [0.4, 0.5) is 0 Å². The van der Waals surface area contributed by atoms with Gasteiger partial charge in [0.25, 0.3) is 0 Å². The summed E-state index contributed by atoms with van der Waals surface area (Å²) in [4.78, 5) is 15.1. The fourth-order valence-electron chi connectivity index (χ4n) is 4.76. The highest BCUT2D eigenvalue weighted by Gasteiger charge is 2.30. The third kappa shape index (κ3) is 7.81. The van der Waals surface area contributed by atoms with E-state index in [9.17, 15) is 13.2 Å². The van der Waals surface area contributed by atoms with Gasteiger partial charge in [-0.25, -0.2) is 8.42 Å². The maximum atomic E-state index is 13.1. The summed E-state index contributed by atoms with van der Waals surface area (Å²) in [5.74, 6) is 1.33. The first-order valence-corrected chi connectivity index (χ1v) is 15.1. The van der Waals surface area contributed by atoms with Crippen LogP contribution in [0.3, 0.4) is 0 Å². The summed E-state index contributed by atoms with van der Waals surface area (Å²) in [5.41, 5.74) is 2.80. The SMILES string of the molecule is COc1ccc(S(=O)(=O)N(C)C2CCN(CCCOc3ccc(C(=O)/C=C/c4ccc(C)cc4)cc3)CC2)cc1. The molecule has 3 aromatic rings. The second kappa shape index (κ2) is 13.7. The van der Waals surface area contributed by atoms with Gasteiger partial charge >= 0.3 is 0 Å². The number of likely N-dealkylation sites (tertiary alicyclic amines) is 1. The number of methoxy groups -OCH3 is 1. The molecule has 0 aliphatic carbocycles. The van der Waals surface area contributed by atoms with Crippen LogP contribution in [0.15, 0.2) is 83.8 Å². The van der Waals surface area contributed by atoms with E-state index in [4.69, 9.17) is 9.47 Å². The van der Waals surface area contributed by atoms with Crippen molar-refractivity contribution in [1.29, 1.82) is 0 Å². The highest BCUT2D eigenvalue weighted by atomic mass is 32.2. The number of carbonyl (C=O) groups is 1. The van der Waals surface area contributed by atoms with Crippen LogP contribution in [0.1, 0.15) is 40.7 Å². The number of hydrogen-bond donors (Lipinski definition) is 0. The van der Waals surface area contributed by atoms with Crippen LogP contribution < -0.4 is 9.47 Å². The summed E-state index contributed by atoms with van der Waals surface area (Å²) in [6.07, 6.45) is 5.87. The van der Waals surface area contributed by atoms with Gasteiger partial charge in [-0.15, -0.1) is 0 Å². The van der Waals surface area contributed by atoms with E-state index in [1.165, 1.54) is 9.87 Å². The Balaban J connectivity index is 1.16. The quantitative estimate of drug-likeness (QED) is 0.166. The highest BCUT2D eigenvalue weighted by Crippen LogP contribution is 2.24. The highest BCUT2D eigenvalue weighted by molar-refractivity contribution is 7.89. The average molecular weight is 563 g/mol. The molecule has 7 nitrogen and oxygen atoms in total. The minimum absolute atomic E-state index is 0.0208. The lowest BCUT2D eigenvalue weighted by Crippen LogP contribution is -2.45. The van der Waals surface area contributed by atoms with E-state index in [0.717, 1.165) is 50.2 Å². The molecule has 0 bridgehead atoms. The second-order valence-corrected chi connectivity index (χ2v) is 12.1. The maximum Gasteiger partial charge on any atom is 0.243 e. The number of nitrogens with zero attached hydrogens (tertiary/aromatic N) is 2. The van der Waals surface area contributed by atoms with Gasteiger partial charge in [-0.1, -0.05) is 35.9 Å². The van der Waals surface area contributed by atoms with E-state index >= 15 is 0 Å². The number of hydrogen-bond acceptors (Lipinski definition) is 6. The van der Waals surface area contributed by atoms with E-state index in [-0.39, 0.29) is 16.7 Å².